The maximum absolute atomic E-state index is 12.9. The molecule has 0 atom stereocenters. The van der Waals surface area contributed by atoms with Crippen molar-refractivity contribution in [3.8, 4) is 16.9 Å². The Bertz CT molecular complexity index is 1070. The molecule has 0 unspecified atom stereocenters. The molecule has 30 heavy (non-hydrogen) atoms. The van der Waals surface area contributed by atoms with E-state index in [0.29, 0.717) is 5.75 Å². The van der Waals surface area contributed by atoms with Crippen LogP contribution in [0.1, 0.15) is 38.2 Å². The van der Waals surface area contributed by atoms with E-state index >= 15 is 0 Å². The smallest absolute Gasteiger partial charge is 0.246 e. The summed E-state index contributed by atoms with van der Waals surface area (Å²) in [5.74, 6) is 0.786. The molecule has 0 saturated carbocycles. The fraction of sp³-hybridized carbons (Fsp3) is 0.320. The van der Waals surface area contributed by atoms with Gasteiger partial charge in [-0.05, 0) is 49.1 Å². The monoisotopic (exact) mass is 467 g/mol. The molecule has 1 aliphatic rings. The minimum absolute atomic E-state index is 0.0804. The van der Waals surface area contributed by atoms with Crippen LogP contribution in [0.3, 0.4) is 0 Å². The first-order valence-electron chi connectivity index (χ1n) is 10.4. The fourth-order valence-electron chi connectivity index (χ4n) is 4.03. The Hall–Kier alpha value is -2.53. The highest BCUT2D eigenvalue weighted by Gasteiger charge is 2.17. The molecular formula is C25H26BrNO3. The number of nitrogens with zero attached hydrogens (tertiary/aromatic N) is 1. The van der Waals surface area contributed by atoms with Gasteiger partial charge in [0.05, 0.1) is 13.4 Å². The number of rotatable bonds is 4. The number of hydrogen-bond acceptors (Lipinski definition) is 3. The van der Waals surface area contributed by atoms with Gasteiger partial charge in [-0.2, -0.15) is 0 Å². The van der Waals surface area contributed by atoms with Crippen LogP contribution in [0.15, 0.2) is 57.6 Å². The Labute approximate surface area is 185 Å². The zero-order valence-electron chi connectivity index (χ0n) is 17.4. The molecule has 1 saturated heterocycles. The van der Waals surface area contributed by atoms with Crippen LogP contribution in [0, 0.1) is 0 Å². The van der Waals surface area contributed by atoms with Crippen LogP contribution in [0.2, 0.25) is 0 Å². The van der Waals surface area contributed by atoms with Gasteiger partial charge < -0.3 is 14.1 Å². The molecule has 5 heteroatoms. The maximum Gasteiger partial charge on any atom is 0.246 e. The molecule has 1 amide bonds. The number of amides is 1. The summed E-state index contributed by atoms with van der Waals surface area (Å²) in [6.07, 6.45) is 8.10. The van der Waals surface area contributed by atoms with E-state index in [1.165, 1.54) is 12.8 Å². The fourth-order valence-corrected chi connectivity index (χ4v) is 4.29. The van der Waals surface area contributed by atoms with E-state index < -0.39 is 0 Å². The van der Waals surface area contributed by atoms with Crippen molar-refractivity contribution >= 4 is 38.4 Å². The standard InChI is InChI=1S/C25H26BrNO3/c1-17(13-25(28)27-11-5-3-4-6-12-27)20-14-21-22(18-7-9-19(26)10-8-18)16-30-24(21)15-23(20)29-2/h7-10,13-16H,3-6,11-12H2,1-2H3/b17-13+. The van der Waals surface area contributed by atoms with Crippen LogP contribution in [-0.4, -0.2) is 31.0 Å². The summed E-state index contributed by atoms with van der Waals surface area (Å²) in [6.45, 7) is 3.65. The maximum atomic E-state index is 12.9. The second-order valence-corrected chi connectivity index (χ2v) is 8.69. The Morgan fingerprint density at radius 2 is 1.80 bits per heavy atom. The van der Waals surface area contributed by atoms with E-state index in [-0.39, 0.29) is 5.91 Å². The Kier molecular flexibility index (Phi) is 6.28. The van der Waals surface area contributed by atoms with Crippen molar-refractivity contribution in [3.05, 3.63) is 58.8 Å². The van der Waals surface area contributed by atoms with E-state index in [1.54, 1.807) is 19.4 Å². The van der Waals surface area contributed by atoms with Crippen LogP contribution >= 0.6 is 15.9 Å². The number of allylic oxidation sites excluding steroid dienone is 1. The number of methoxy groups -OCH3 is 1. The first-order chi connectivity index (χ1) is 14.6. The second-order valence-electron chi connectivity index (χ2n) is 7.77. The van der Waals surface area contributed by atoms with Crippen molar-refractivity contribution in [2.45, 2.75) is 32.6 Å². The van der Waals surface area contributed by atoms with Crippen LogP contribution < -0.4 is 4.74 Å². The summed E-state index contributed by atoms with van der Waals surface area (Å²) in [4.78, 5) is 14.8. The predicted octanol–water partition coefficient (Wildman–Crippen LogP) is 6.68. The number of likely N-dealkylation sites (tertiary alicyclic amines) is 1. The van der Waals surface area contributed by atoms with Crippen LogP contribution in [0.5, 0.6) is 5.75 Å². The molecule has 0 spiro atoms. The van der Waals surface area contributed by atoms with E-state index in [0.717, 1.165) is 63.6 Å². The number of carbonyl (C=O) groups is 1. The van der Waals surface area contributed by atoms with Gasteiger partial charge in [0.15, 0.2) is 0 Å². The molecule has 1 fully saturated rings. The van der Waals surface area contributed by atoms with E-state index in [4.69, 9.17) is 9.15 Å². The zero-order chi connectivity index (χ0) is 21.1. The van der Waals surface area contributed by atoms with Crippen molar-refractivity contribution < 1.29 is 13.9 Å². The van der Waals surface area contributed by atoms with E-state index in [2.05, 4.69) is 34.1 Å². The first kappa shape index (κ1) is 20.7. The normalized spacial score (nSPS) is 15.3. The quantitative estimate of drug-likeness (QED) is 0.402. The van der Waals surface area contributed by atoms with Crippen molar-refractivity contribution in [3.63, 3.8) is 0 Å². The number of hydrogen-bond donors (Lipinski definition) is 0. The molecule has 156 valence electrons. The summed E-state index contributed by atoms with van der Waals surface area (Å²) >= 11 is 3.49. The van der Waals surface area contributed by atoms with Gasteiger partial charge in [0.25, 0.3) is 0 Å². The lowest BCUT2D eigenvalue weighted by atomic mass is 9.99. The van der Waals surface area contributed by atoms with E-state index in [1.807, 2.05) is 30.0 Å². The van der Waals surface area contributed by atoms with Crippen molar-refractivity contribution in [2.24, 2.45) is 0 Å². The van der Waals surface area contributed by atoms with E-state index in [9.17, 15) is 4.79 Å². The van der Waals surface area contributed by atoms with Gasteiger partial charge in [-0.3, -0.25) is 4.79 Å². The lowest BCUT2D eigenvalue weighted by Crippen LogP contribution is -2.30. The number of benzene rings is 2. The van der Waals surface area contributed by atoms with Gasteiger partial charge in [-0.1, -0.05) is 40.9 Å². The number of furan rings is 1. The van der Waals surface area contributed by atoms with Gasteiger partial charge in [-0.15, -0.1) is 0 Å². The molecule has 0 aliphatic carbocycles. The average molecular weight is 468 g/mol. The molecule has 3 aromatic rings. The van der Waals surface area contributed by atoms with Gasteiger partial charge in [0, 0.05) is 46.2 Å². The van der Waals surface area contributed by atoms with Crippen molar-refractivity contribution in [1.82, 2.24) is 4.90 Å². The molecular weight excluding hydrogens is 442 g/mol. The molecule has 0 N–H and O–H groups in total. The van der Waals surface area contributed by atoms with Crippen LogP contribution in [0.25, 0.3) is 27.7 Å². The van der Waals surface area contributed by atoms with Gasteiger partial charge in [-0.25, -0.2) is 0 Å². The van der Waals surface area contributed by atoms with Crippen molar-refractivity contribution in [2.75, 3.05) is 20.2 Å². The number of fused-ring (bicyclic) bond motifs is 1. The third-order valence-electron chi connectivity index (χ3n) is 5.73. The lowest BCUT2D eigenvalue weighted by Gasteiger charge is -2.19. The van der Waals surface area contributed by atoms with Crippen LogP contribution in [0.4, 0.5) is 0 Å². The summed E-state index contributed by atoms with van der Waals surface area (Å²) in [6, 6.07) is 12.1. The molecule has 0 bridgehead atoms. The van der Waals surface area contributed by atoms with Crippen molar-refractivity contribution in [1.29, 1.82) is 0 Å². The van der Waals surface area contributed by atoms with Gasteiger partial charge in [0.1, 0.15) is 11.3 Å². The third kappa shape index (κ3) is 4.31. The number of carbonyl (C=O) groups excluding carboxylic acids is 1. The summed E-state index contributed by atoms with van der Waals surface area (Å²) in [5, 5.41) is 1.00. The molecule has 4 rings (SSSR count). The topological polar surface area (TPSA) is 42.7 Å². The number of halogens is 1. The number of ether oxygens (including phenoxy) is 1. The Morgan fingerprint density at radius 1 is 1.10 bits per heavy atom. The molecule has 0 radical (unpaired) electrons. The highest BCUT2D eigenvalue weighted by Crippen LogP contribution is 2.37. The predicted molar refractivity (Wildman–Crippen MR) is 125 cm³/mol. The highest BCUT2D eigenvalue weighted by atomic mass is 79.9. The lowest BCUT2D eigenvalue weighted by molar-refractivity contribution is -0.125. The zero-order valence-corrected chi connectivity index (χ0v) is 19.0. The average Bonchev–Trinajstić information content (AvgIpc) is 2.96. The first-order valence-corrected chi connectivity index (χ1v) is 11.2. The minimum Gasteiger partial charge on any atom is -0.496 e. The highest BCUT2D eigenvalue weighted by molar-refractivity contribution is 9.10. The molecule has 1 aromatic heterocycles. The molecule has 1 aliphatic heterocycles. The third-order valence-corrected chi connectivity index (χ3v) is 6.26. The van der Waals surface area contributed by atoms with Crippen LogP contribution in [-0.2, 0) is 4.79 Å². The molecule has 2 heterocycles. The second kappa shape index (κ2) is 9.09. The SMILES string of the molecule is COc1cc2occ(-c3ccc(Br)cc3)c2cc1/C(C)=C/C(=O)N1CCCCCC1. The Balaban J connectivity index is 1.72. The summed E-state index contributed by atoms with van der Waals surface area (Å²) < 4.78 is 12.5. The van der Waals surface area contributed by atoms with Gasteiger partial charge >= 0.3 is 0 Å². The molecule has 2 aromatic carbocycles. The summed E-state index contributed by atoms with van der Waals surface area (Å²) in [5.41, 5.74) is 4.67. The van der Waals surface area contributed by atoms with Gasteiger partial charge in [0.2, 0.25) is 5.91 Å². The summed E-state index contributed by atoms with van der Waals surface area (Å²) in [7, 11) is 1.65. The Morgan fingerprint density at radius 3 is 2.47 bits per heavy atom. The minimum atomic E-state index is 0.0804. The largest absolute Gasteiger partial charge is 0.496 e. The molecule has 4 nitrogen and oxygen atoms in total.